The molecule has 1 aromatic heterocycles. The maximum atomic E-state index is 14.0. The smallest absolute Gasteiger partial charge is 0.407 e. The predicted octanol–water partition coefficient (Wildman–Crippen LogP) is 4.03. The molecule has 2 aromatic carbocycles. The molecule has 2 atom stereocenters. The average Bonchev–Trinajstić information content (AvgIpc) is 3.61. The number of carbonyl (C=O) groups is 3. The maximum absolute atomic E-state index is 14.0. The molecule has 2 fully saturated rings. The van der Waals surface area contributed by atoms with Crippen molar-refractivity contribution in [2.45, 2.75) is 38.8 Å². The van der Waals surface area contributed by atoms with Crippen LogP contribution in [0.4, 0.5) is 10.5 Å². The molecule has 3 aromatic rings. The molecule has 5 rings (SSSR count). The van der Waals surface area contributed by atoms with Crippen molar-refractivity contribution in [2.75, 3.05) is 64.5 Å². The van der Waals surface area contributed by atoms with E-state index >= 15 is 0 Å². The second-order valence-electron chi connectivity index (χ2n) is 11.9. The van der Waals surface area contributed by atoms with Crippen molar-refractivity contribution in [1.29, 1.82) is 0 Å². The Bertz CT molecular complexity index is 1640. The van der Waals surface area contributed by atoms with Gasteiger partial charge in [0.1, 0.15) is 11.7 Å². The molecule has 0 aliphatic carbocycles. The summed E-state index contributed by atoms with van der Waals surface area (Å²) in [6.45, 7) is 6.07. The van der Waals surface area contributed by atoms with E-state index < -0.39 is 25.6 Å². The van der Waals surface area contributed by atoms with E-state index in [1.54, 1.807) is 56.2 Å². The summed E-state index contributed by atoms with van der Waals surface area (Å²) in [5, 5.41) is 12.7. The van der Waals surface area contributed by atoms with E-state index in [0.29, 0.717) is 23.1 Å². The number of rotatable bonds is 13. The molecule has 14 heteroatoms. The first kappa shape index (κ1) is 36.0. The first-order valence-corrected chi connectivity index (χ1v) is 18.1. The minimum atomic E-state index is -3.51. The molecule has 3 amide bonds. The van der Waals surface area contributed by atoms with Gasteiger partial charge in [0, 0.05) is 64.0 Å². The molecule has 2 aliphatic heterocycles. The number of carbonyl (C=O) groups excluding carboxylic acids is 2. The summed E-state index contributed by atoms with van der Waals surface area (Å²) in [6, 6.07) is 19.1. The number of nitrogens with zero attached hydrogens (tertiary/aromatic N) is 4. The Morgan fingerprint density at radius 2 is 1.59 bits per heavy atom. The molecule has 2 N–H and O–H groups in total. The molecule has 13 nitrogen and oxygen atoms in total. The van der Waals surface area contributed by atoms with Gasteiger partial charge in [0.2, 0.25) is 5.91 Å². The summed E-state index contributed by atoms with van der Waals surface area (Å²) in [7, 11) is -1.82. The standard InChI is InChI=1S/C35H44N5O8P/c1-4-47-49(45,48-5-2)29-13-11-25(12-14-29)21-32(34(42)38-17-19-39(20-18-38)35(43)44)37-33(41)31-23-27(40-16-15-28(24-40)46-3)22-30(36-31)26-9-7-6-8-10-26/h6-14,22-23,28,32H,4-5,15-21,24H2,1-3H3,(H,37,41)(H,43,44)/t28-,32-/m0/s1. The Hall–Kier alpha value is -4.29. The van der Waals surface area contributed by atoms with Gasteiger partial charge in [-0.3, -0.25) is 14.2 Å². The quantitative estimate of drug-likeness (QED) is 0.251. The fourth-order valence-corrected chi connectivity index (χ4v) is 7.64. The third-order valence-corrected chi connectivity index (χ3v) is 10.8. The fraction of sp³-hybridized carbons (Fsp3) is 0.429. The van der Waals surface area contributed by atoms with Gasteiger partial charge in [-0.25, -0.2) is 9.78 Å². The Labute approximate surface area is 286 Å². The van der Waals surface area contributed by atoms with Crippen LogP contribution in [0.5, 0.6) is 0 Å². The molecule has 262 valence electrons. The maximum Gasteiger partial charge on any atom is 0.407 e. The van der Waals surface area contributed by atoms with Crippen molar-refractivity contribution in [1.82, 2.24) is 20.1 Å². The highest BCUT2D eigenvalue weighted by Crippen LogP contribution is 2.46. The van der Waals surface area contributed by atoms with Gasteiger partial charge >= 0.3 is 13.7 Å². The van der Waals surface area contributed by atoms with E-state index in [-0.39, 0.29) is 63.5 Å². The van der Waals surface area contributed by atoms with Crippen LogP contribution in [-0.2, 0) is 29.6 Å². The van der Waals surface area contributed by atoms with Crippen molar-refractivity contribution < 1.29 is 37.8 Å². The van der Waals surface area contributed by atoms with Crippen LogP contribution in [0.25, 0.3) is 11.3 Å². The van der Waals surface area contributed by atoms with Crippen LogP contribution in [0.3, 0.4) is 0 Å². The molecule has 49 heavy (non-hydrogen) atoms. The van der Waals surface area contributed by atoms with Crippen LogP contribution in [0.1, 0.15) is 36.3 Å². The van der Waals surface area contributed by atoms with Gasteiger partial charge < -0.3 is 38.9 Å². The highest BCUT2D eigenvalue weighted by molar-refractivity contribution is 7.62. The number of carboxylic acid groups (broad SMARTS) is 1. The summed E-state index contributed by atoms with van der Waals surface area (Å²) >= 11 is 0. The SMILES string of the molecule is CCOP(=O)(OCC)c1ccc(C[C@H](NC(=O)c2cc(N3CC[C@H](OC)C3)cc(-c3ccccc3)n2)C(=O)N2CCN(C(=O)O)CC2)cc1. The van der Waals surface area contributed by atoms with Gasteiger partial charge in [0.15, 0.2) is 0 Å². The summed E-state index contributed by atoms with van der Waals surface area (Å²) in [5.74, 6) is -0.850. The molecular formula is C35H44N5O8P. The van der Waals surface area contributed by atoms with Crippen LogP contribution in [0, 0.1) is 0 Å². The van der Waals surface area contributed by atoms with Gasteiger partial charge in [-0.2, -0.15) is 0 Å². The number of anilines is 1. The van der Waals surface area contributed by atoms with E-state index in [9.17, 15) is 24.1 Å². The zero-order valence-electron chi connectivity index (χ0n) is 28.1. The van der Waals surface area contributed by atoms with Crippen molar-refractivity contribution >= 4 is 36.5 Å². The van der Waals surface area contributed by atoms with E-state index in [1.807, 2.05) is 36.4 Å². The number of nitrogens with one attached hydrogen (secondary N) is 1. The molecule has 2 aliphatic rings. The van der Waals surface area contributed by atoms with Gasteiger partial charge in [-0.15, -0.1) is 0 Å². The topological polar surface area (TPSA) is 151 Å². The molecule has 0 unspecified atom stereocenters. The summed E-state index contributed by atoms with van der Waals surface area (Å²) in [5.41, 5.74) is 3.17. The number of hydrogen-bond acceptors (Lipinski definition) is 9. The van der Waals surface area contributed by atoms with E-state index in [0.717, 1.165) is 24.2 Å². The van der Waals surface area contributed by atoms with Crippen LogP contribution in [-0.4, -0.2) is 110 Å². The minimum absolute atomic E-state index is 0.0802. The molecule has 0 bridgehead atoms. The van der Waals surface area contributed by atoms with E-state index in [1.165, 1.54) is 4.90 Å². The number of benzene rings is 2. The van der Waals surface area contributed by atoms with Crippen LogP contribution >= 0.6 is 7.60 Å². The number of methoxy groups -OCH3 is 1. The number of piperazine rings is 1. The third-order valence-electron chi connectivity index (χ3n) is 8.71. The number of aromatic nitrogens is 1. The lowest BCUT2D eigenvalue weighted by Crippen LogP contribution is -2.56. The molecule has 2 saturated heterocycles. The Kier molecular flexibility index (Phi) is 12.1. The predicted molar refractivity (Wildman–Crippen MR) is 185 cm³/mol. The van der Waals surface area contributed by atoms with Crippen molar-refractivity contribution in [3.8, 4) is 11.3 Å². The van der Waals surface area contributed by atoms with Gasteiger partial charge in [-0.05, 0) is 50.1 Å². The highest BCUT2D eigenvalue weighted by Gasteiger charge is 2.32. The Morgan fingerprint density at radius 1 is 0.939 bits per heavy atom. The lowest BCUT2D eigenvalue weighted by molar-refractivity contribution is -0.134. The molecule has 0 radical (unpaired) electrons. The summed E-state index contributed by atoms with van der Waals surface area (Å²) in [4.78, 5) is 49.2. The molecular weight excluding hydrogens is 649 g/mol. The highest BCUT2D eigenvalue weighted by atomic mass is 31.2. The molecule has 3 heterocycles. The molecule has 0 spiro atoms. The minimum Gasteiger partial charge on any atom is -0.465 e. The van der Waals surface area contributed by atoms with Crippen LogP contribution < -0.4 is 15.5 Å². The van der Waals surface area contributed by atoms with Gasteiger partial charge in [0.05, 0.1) is 30.3 Å². The normalized spacial score (nSPS) is 17.2. The first-order valence-electron chi connectivity index (χ1n) is 16.6. The fourth-order valence-electron chi connectivity index (χ4n) is 6.07. The number of ether oxygens (including phenoxy) is 1. The lowest BCUT2D eigenvalue weighted by atomic mass is 10.0. The van der Waals surface area contributed by atoms with Crippen molar-refractivity contribution in [3.63, 3.8) is 0 Å². The molecule has 0 saturated carbocycles. The van der Waals surface area contributed by atoms with Crippen LogP contribution in [0.2, 0.25) is 0 Å². The zero-order valence-corrected chi connectivity index (χ0v) is 29.0. The summed E-state index contributed by atoms with van der Waals surface area (Å²) < 4.78 is 29.8. The average molecular weight is 694 g/mol. The van der Waals surface area contributed by atoms with Gasteiger partial charge in [0.25, 0.3) is 5.91 Å². The monoisotopic (exact) mass is 693 g/mol. The largest absolute Gasteiger partial charge is 0.465 e. The van der Waals surface area contributed by atoms with E-state index in [4.69, 9.17) is 18.8 Å². The number of hydrogen-bond donors (Lipinski definition) is 2. The number of pyridine rings is 1. The Balaban J connectivity index is 1.43. The third kappa shape index (κ3) is 8.85. The second-order valence-corrected chi connectivity index (χ2v) is 13.9. The first-order chi connectivity index (χ1) is 23.6. The van der Waals surface area contributed by atoms with E-state index in [2.05, 4.69) is 10.2 Å². The zero-order chi connectivity index (χ0) is 35.0. The Morgan fingerprint density at radius 3 is 2.18 bits per heavy atom. The van der Waals surface area contributed by atoms with Crippen LogP contribution in [0.15, 0.2) is 66.7 Å². The number of amides is 3. The van der Waals surface area contributed by atoms with Crippen molar-refractivity contribution in [3.05, 3.63) is 78.0 Å². The van der Waals surface area contributed by atoms with Gasteiger partial charge in [-0.1, -0.05) is 42.5 Å². The second kappa shape index (κ2) is 16.4. The van der Waals surface area contributed by atoms with Crippen molar-refractivity contribution in [2.24, 2.45) is 0 Å². The lowest BCUT2D eigenvalue weighted by Gasteiger charge is -2.35. The summed E-state index contributed by atoms with van der Waals surface area (Å²) in [6.07, 6.45) is 0.0284.